The third kappa shape index (κ3) is 3.04. The molecular formula is C17H20O4. The van der Waals surface area contributed by atoms with Crippen LogP contribution in [0.2, 0.25) is 0 Å². The molecule has 0 heterocycles. The van der Waals surface area contributed by atoms with Gasteiger partial charge in [0.15, 0.2) is 11.6 Å². The van der Waals surface area contributed by atoms with Crippen molar-refractivity contribution in [1.82, 2.24) is 0 Å². The lowest BCUT2D eigenvalue weighted by Crippen LogP contribution is -2.39. The maximum atomic E-state index is 12.4. The number of hydrogen-bond acceptors (Lipinski definition) is 4. The molecule has 1 saturated carbocycles. The Kier molecular flexibility index (Phi) is 4.56. The van der Waals surface area contributed by atoms with E-state index < -0.39 is 11.4 Å². The summed E-state index contributed by atoms with van der Waals surface area (Å²) in [5, 5.41) is 0. The van der Waals surface area contributed by atoms with E-state index in [1.165, 1.54) is 0 Å². The Balaban J connectivity index is 2.23. The van der Waals surface area contributed by atoms with Crippen molar-refractivity contribution in [3.63, 3.8) is 0 Å². The van der Waals surface area contributed by atoms with E-state index in [1.54, 1.807) is 19.1 Å². The summed E-state index contributed by atoms with van der Waals surface area (Å²) in [6.45, 7) is 3.86. The predicted octanol–water partition coefficient (Wildman–Crippen LogP) is 2.87. The van der Waals surface area contributed by atoms with E-state index in [2.05, 4.69) is 0 Å². The molecular weight excluding hydrogens is 268 g/mol. The fourth-order valence-electron chi connectivity index (χ4n) is 2.79. The van der Waals surface area contributed by atoms with Gasteiger partial charge in [-0.3, -0.25) is 14.4 Å². The number of carbonyl (C=O) groups is 3. The average Bonchev–Trinajstić information content (AvgIpc) is 2.82. The summed E-state index contributed by atoms with van der Waals surface area (Å²) in [5.74, 6) is -0.896. The van der Waals surface area contributed by atoms with Crippen LogP contribution in [0.15, 0.2) is 24.3 Å². The molecule has 21 heavy (non-hydrogen) atoms. The number of esters is 1. The number of ether oxygens (including phenoxy) is 1. The van der Waals surface area contributed by atoms with Crippen molar-refractivity contribution in [2.45, 2.75) is 39.5 Å². The Labute approximate surface area is 124 Å². The van der Waals surface area contributed by atoms with Crippen molar-refractivity contribution in [3.8, 4) is 0 Å². The summed E-state index contributed by atoms with van der Waals surface area (Å²) in [6.07, 6.45) is 1.30. The highest BCUT2D eigenvalue weighted by atomic mass is 16.5. The fraction of sp³-hybridized carbons (Fsp3) is 0.471. The summed E-state index contributed by atoms with van der Waals surface area (Å²) < 4.78 is 5.04. The normalized spacial score (nSPS) is 21.3. The molecule has 0 aliphatic heterocycles. The van der Waals surface area contributed by atoms with E-state index in [1.807, 2.05) is 19.1 Å². The van der Waals surface area contributed by atoms with Gasteiger partial charge in [-0.2, -0.15) is 0 Å². The number of Topliss-reactive ketones (excluding diaryl/α,β-unsaturated/α-hetero) is 2. The van der Waals surface area contributed by atoms with Gasteiger partial charge in [-0.05, 0) is 26.7 Å². The van der Waals surface area contributed by atoms with Gasteiger partial charge in [0.2, 0.25) is 0 Å². The van der Waals surface area contributed by atoms with Crippen LogP contribution in [-0.4, -0.2) is 24.1 Å². The molecule has 112 valence electrons. The fourth-order valence-corrected chi connectivity index (χ4v) is 2.79. The second kappa shape index (κ2) is 6.20. The number of hydrogen-bond donors (Lipinski definition) is 0. The van der Waals surface area contributed by atoms with Crippen LogP contribution in [0.1, 0.15) is 48.5 Å². The van der Waals surface area contributed by atoms with Crippen LogP contribution in [0.5, 0.6) is 0 Å². The third-order valence-electron chi connectivity index (χ3n) is 4.04. The monoisotopic (exact) mass is 288 g/mol. The molecule has 0 spiro atoms. The van der Waals surface area contributed by atoms with Crippen molar-refractivity contribution >= 4 is 17.5 Å². The Morgan fingerprint density at radius 3 is 2.43 bits per heavy atom. The minimum Gasteiger partial charge on any atom is -0.465 e. The zero-order chi connectivity index (χ0) is 15.5. The molecule has 4 nitrogen and oxygen atoms in total. The van der Waals surface area contributed by atoms with E-state index in [9.17, 15) is 14.4 Å². The lowest BCUT2D eigenvalue weighted by Gasteiger charge is -2.24. The molecule has 1 aliphatic carbocycles. The first-order valence-corrected chi connectivity index (χ1v) is 7.30. The van der Waals surface area contributed by atoms with Crippen LogP contribution in [0.25, 0.3) is 0 Å². The molecule has 0 unspecified atom stereocenters. The van der Waals surface area contributed by atoms with Crippen molar-refractivity contribution in [2.24, 2.45) is 5.41 Å². The zero-order valence-electron chi connectivity index (χ0n) is 12.5. The van der Waals surface area contributed by atoms with Gasteiger partial charge in [-0.15, -0.1) is 0 Å². The molecule has 0 radical (unpaired) electrons. The summed E-state index contributed by atoms with van der Waals surface area (Å²) >= 11 is 0. The van der Waals surface area contributed by atoms with Gasteiger partial charge < -0.3 is 4.74 Å². The maximum Gasteiger partial charge on any atom is 0.320 e. The first-order chi connectivity index (χ1) is 9.99. The van der Waals surface area contributed by atoms with Crippen molar-refractivity contribution in [3.05, 3.63) is 35.4 Å². The van der Waals surface area contributed by atoms with E-state index >= 15 is 0 Å². The molecule has 1 atom stereocenters. The quantitative estimate of drug-likeness (QED) is 0.475. The smallest absolute Gasteiger partial charge is 0.320 e. The lowest BCUT2D eigenvalue weighted by atomic mass is 9.79. The largest absolute Gasteiger partial charge is 0.465 e. The van der Waals surface area contributed by atoms with Crippen LogP contribution in [0.3, 0.4) is 0 Å². The van der Waals surface area contributed by atoms with Crippen LogP contribution in [-0.2, 0) is 14.3 Å². The standard InChI is InChI=1S/C17H20O4/c1-3-21-16(20)17(10-4-5-15(17)19)11-14(18)13-8-6-12(2)7-9-13/h6-9H,3-5,10-11H2,1-2H3/t17-/m1/s1. The van der Waals surface area contributed by atoms with Gasteiger partial charge in [0.05, 0.1) is 6.61 Å². The maximum absolute atomic E-state index is 12.4. The third-order valence-corrected chi connectivity index (χ3v) is 4.04. The Morgan fingerprint density at radius 1 is 1.24 bits per heavy atom. The van der Waals surface area contributed by atoms with Crippen LogP contribution in [0, 0.1) is 12.3 Å². The minimum absolute atomic E-state index is 0.0896. The Morgan fingerprint density at radius 2 is 1.90 bits per heavy atom. The van der Waals surface area contributed by atoms with Gasteiger partial charge in [0.25, 0.3) is 0 Å². The first kappa shape index (κ1) is 15.4. The predicted molar refractivity (Wildman–Crippen MR) is 78.1 cm³/mol. The second-order valence-electron chi connectivity index (χ2n) is 5.55. The SMILES string of the molecule is CCOC(=O)[C@@]1(CC(=O)c2ccc(C)cc2)CCCC1=O. The van der Waals surface area contributed by atoms with Gasteiger partial charge in [-0.25, -0.2) is 0 Å². The molecule has 1 aromatic carbocycles. The van der Waals surface area contributed by atoms with Gasteiger partial charge in [-0.1, -0.05) is 29.8 Å². The summed E-state index contributed by atoms with van der Waals surface area (Å²) in [6, 6.07) is 7.16. The molecule has 0 saturated heterocycles. The number of carbonyl (C=O) groups excluding carboxylic acids is 3. The van der Waals surface area contributed by atoms with Crippen LogP contribution < -0.4 is 0 Å². The molecule has 1 aliphatic rings. The molecule has 0 N–H and O–H groups in total. The van der Waals surface area contributed by atoms with Crippen molar-refractivity contribution in [1.29, 1.82) is 0 Å². The summed E-state index contributed by atoms with van der Waals surface area (Å²) in [4.78, 5) is 36.8. The minimum atomic E-state index is -1.27. The molecule has 1 aromatic rings. The molecule has 2 rings (SSSR count). The number of ketones is 2. The van der Waals surface area contributed by atoms with E-state index in [0.717, 1.165) is 5.56 Å². The van der Waals surface area contributed by atoms with Crippen LogP contribution >= 0.6 is 0 Å². The van der Waals surface area contributed by atoms with Gasteiger partial charge >= 0.3 is 5.97 Å². The molecule has 4 heteroatoms. The Bertz CT molecular complexity index is 559. The van der Waals surface area contributed by atoms with Gasteiger partial charge in [0, 0.05) is 18.4 Å². The van der Waals surface area contributed by atoms with E-state index in [-0.39, 0.29) is 24.6 Å². The molecule has 0 bridgehead atoms. The van der Waals surface area contributed by atoms with Gasteiger partial charge in [0.1, 0.15) is 5.41 Å². The number of rotatable bonds is 5. The molecule has 0 aromatic heterocycles. The second-order valence-corrected chi connectivity index (χ2v) is 5.55. The summed E-state index contributed by atoms with van der Waals surface area (Å²) in [7, 11) is 0. The summed E-state index contributed by atoms with van der Waals surface area (Å²) in [5.41, 5.74) is 0.324. The zero-order valence-corrected chi connectivity index (χ0v) is 12.5. The molecule has 0 amide bonds. The average molecular weight is 288 g/mol. The highest BCUT2D eigenvalue weighted by Crippen LogP contribution is 2.40. The van der Waals surface area contributed by atoms with Crippen molar-refractivity contribution < 1.29 is 19.1 Å². The topological polar surface area (TPSA) is 60.4 Å². The van der Waals surface area contributed by atoms with E-state index in [4.69, 9.17) is 4.74 Å². The highest BCUT2D eigenvalue weighted by molar-refractivity contribution is 6.10. The molecule has 1 fully saturated rings. The van der Waals surface area contributed by atoms with Crippen molar-refractivity contribution in [2.75, 3.05) is 6.61 Å². The number of benzene rings is 1. The lowest BCUT2D eigenvalue weighted by molar-refractivity contribution is -0.158. The van der Waals surface area contributed by atoms with E-state index in [0.29, 0.717) is 24.8 Å². The van der Waals surface area contributed by atoms with Crippen LogP contribution in [0.4, 0.5) is 0 Å². The first-order valence-electron chi connectivity index (χ1n) is 7.30. The highest BCUT2D eigenvalue weighted by Gasteiger charge is 2.51. The number of aryl methyl sites for hydroxylation is 1. The Hall–Kier alpha value is -1.97.